The molecular formula is C24H17N5O3. The zero-order chi connectivity index (χ0) is 21.9. The SMILES string of the molecule is O=C(O[C@H](C(=O)c1c[nH]c2ccccc12)c1ccccc1)c1ccc(-n2cnnn2)cc1. The van der Waals surface area contributed by atoms with Crippen LogP contribution in [0, 0.1) is 0 Å². The summed E-state index contributed by atoms with van der Waals surface area (Å²) in [7, 11) is 0. The van der Waals surface area contributed by atoms with Crippen molar-refractivity contribution in [1.29, 1.82) is 0 Å². The molecule has 1 atom stereocenters. The number of para-hydroxylation sites is 1. The first-order valence-corrected chi connectivity index (χ1v) is 9.90. The summed E-state index contributed by atoms with van der Waals surface area (Å²) in [5.74, 6) is -0.900. The summed E-state index contributed by atoms with van der Waals surface area (Å²) in [4.78, 5) is 29.5. The van der Waals surface area contributed by atoms with Gasteiger partial charge in [0.05, 0.1) is 11.3 Å². The van der Waals surface area contributed by atoms with E-state index in [2.05, 4.69) is 20.5 Å². The van der Waals surface area contributed by atoms with Crippen LogP contribution in [0.1, 0.15) is 32.4 Å². The Morgan fingerprint density at radius 2 is 1.66 bits per heavy atom. The molecule has 2 heterocycles. The number of H-pyrrole nitrogens is 1. The molecule has 0 saturated heterocycles. The minimum Gasteiger partial charge on any atom is -0.445 e. The van der Waals surface area contributed by atoms with Crippen molar-refractivity contribution in [3.8, 4) is 5.69 Å². The van der Waals surface area contributed by atoms with Gasteiger partial charge in [0, 0.05) is 28.2 Å². The van der Waals surface area contributed by atoms with E-state index in [1.807, 2.05) is 30.3 Å². The summed E-state index contributed by atoms with van der Waals surface area (Å²) in [5.41, 5.74) is 2.92. The predicted octanol–water partition coefficient (Wildman–Crippen LogP) is 3.92. The van der Waals surface area contributed by atoms with E-state index in [0.29, 0.717) is 22.4 Å². The molecule has 5 aromatic rings. The van der Waals surface area contributed by atoms with Crippen molar-refractivity contribution in [2.45, 2.75) is 6.10 Å². The van der Waals surface area contributed by atoms with Crippen LogP contribution in [0.2, 0.25) is 0 Å². The maximum absolute atomic E-state index is 13.5. The third-order valence-corrected chi connectivity index (χ3v) is 5.14. The fraction of sp³-hybridized carbons (Fsp3) is 0.0417. The first-order chi connectivity index (χ1) is 15.7. The van der Waals surface area contributed by atoms with Gasteiger partial charge >= 0.3 is 5.97 Å². The highest BCUT2D eigenvalue weighted by atomic mass is 16.5. The fourth-order valence-electron chi connectivity index (χ4n) is 3.52. The van der Waals surface area contributed by atoms with Gasteiger partial charge < -0.3 is 9.72 Å². The highest BCUT2D eigenvalue weighted by molar-refractivity contribution is 6.11. The first kappa shape index (κ1) is 19.4. The average Bonchev–Trinajstić information content (AvgIpc) is 3.53. The molecule has 2 aromatic heterocycles. The monoisotopic (exact) mass is 423 g/mol. The number of nitrogens with one attached hydrogen (secondary N) is 1. The molecule has 3 aromatic carbocycles. The number of ether oxygens (including phenoxy) is 1. The van der Waals surface area contributed by atoms with Gasteiger partial charge in [-0.1, -0.05) is 48.5 Å². The van der Waals surface area contributed by atoms with Crippen molar-refractivity contribution in [2.75, 3.05) is 0 Å². The lowest BCUT2D eigenvalue weighted by Crippen LogP contribution is -2.20. The molecule has 156 valence electrons. The smallest absolute Gasteiger partial charge is 0.339 e. The van der Waals surface area contributed by atoms with Crippen LogP contribution >= 0.6 is 0 Å². The third-order valence-electron chi connectivity index (χ3n) is 5.14. The van der Waals surface area contributed by atoms with Crippen LogP contribution in [0.3, 0.4) is 0 Å². The lowest BCUT2D eigenvalue weighted by atomic mass is 9.99. The van der Waals surface area contributed by atoms with E-state index < -0.39 is 12.1 Å². The molecule has 0 aliphatic carbocycles. The number of Topliss-reactive ketones (excluding diaryl/α,β-unsaturated/α-hetero) is 1. The number of carbonyl (C=O) groups excluding carboxylic acids is 2. The summed E-state index contributed by atoms with van der Waals surface area (Å²) in [5, 5.41) is 11.8. The van der Waals surface area contributed by atoms with Crippen LogP contribution in [0.5, 0.6) is 0 Å². The molecule has 8 nitrogen and oxygen atoms in total. The Hall–Kier alpha value is -4.59. The molecule has 0 saturated carbocycles. The zero-order valence-electron chi connectivity index (χ0n) is 16.8. The molecule has 0 amide bonds. The maximum Gasteiger partial charge on any atom is 0.339 e. The van der Waals surface area contributed by atoms with Crippen molar-refractivity contribution >= 4 is 22.7 Å². The lowest BCUT2D eigenvalue weighted by Gasteiger charge is -2.17. The molecule has 0 spiro atoms. The first-order valence-electron chi connectivity index (χ1n) is 9.90. The van der Waals surface area contributed by atoms with Gasteiger partial charge in [-0.15, -0.1) is 5.10 Å². The minimum absolute atomic E-state index is 0.299. The number of nitrogens with zero attached hydrogens (tertiary/aromatic N) is 4. The molecule has 0 unspecified atom stereocenters. The van der Waals surface area contributed by atoms with Crippen LogP contribution in [-0.4, -0.2) is 36.9 Å². The minimum atomic E-state index is -1.08. The number of hydrogen-bond acceptors (Lipinski definition) is 6. The van der Waals surface area contributed by atoms with Gasteiger partial charge in [0.1, 0.15) is 6.33 Å². The fourth-order valence-corrected chi connectivity index (χ4v) is 3.52. The summed E-state index contributed by atoms with van der Waals surface area (Å²) in [6, 6.07) is 23.1. The van der Waals surface area contributed by atoms with E-state index in [9.17, 15) is 9.59 Å². The average molecular weight is 423 g/mol. The number of carbonyl (C=O) groups is 2. The number of ketones is 1. The topological polar surface area (TPSA) is 103 Å². The van der Waals surface area contributed by atoms with Gasteiger partial charge in [-0.3, -0.25) is 4.79 Å². The Morgan fingerprint density at radius 3 is 2.41 bits per heavy atom. The molecule has 0 radical (unpaired) electrons. The highest BCUT2D eigenvalue weighted by Gasteiger charge is 2.28. The second-order valence-corrected chi connectivity index (χ2v) is 7.11. The van der Waals surface area contributed by atoms with Crippen molar-refractivity contribution in [3.05, 3.63) is 108 Å². The largest absolute Gasteiger partial charge is 0.445 e. The number of benzene rings is 3. The molecule has 0 aliphatic rings. The van der Waals surface area contributed by atoms with E-state index in [4.69, 9.17) is 4.74 Å². The number of hydrogen-bond donors (Lipinski definition) is 1. The molecule has 1 N–H and O–H groups in total. The Labute approximate surface area is 182 Å². The number of fused-ring (bicyclic) bond motifs is 1. The predicted molar refractivity (Wildman–Crippen MR) is 116 cm³/mol. The van der Waals surface area contributed by atoms with Gasteiger partial charge in [-0.2, -0.15) is 0 Å². The Morgan fingerprint density at radius 1 is 0.906 bits per heavy atom. The molecule has 8 heteroatoms. The van der Waals surface area contributed by atoms with E-state index in [1.54, 1.807) is 54.7 Å². The molecule has 5 rings (SSSR count). The van der Waals surface area contributed by atoms with Crippen molar-refractivity contribution in [1.82, 2.24) is 25.2 Å². The van der Waals surface area contributed by atoms with Gasteiger partial charge in [0.25, 0.3) is 0 Å². The molecule has 32 heavy (non-hydrogen) atoms. The van der Waals surface area contributed by atoms with E-state index in [1.165, 1.54) is 11.0 Å². The van der Waals surface area contributed by atoms with E-state index in [-0.39, 0.29) is 5.78 Å². The Bertz CT molecular complexity index is 1380. The van der Waals surface area contributed by atoms with Crippen LogP contribution < -0.4 is 0 Å². The number of rotatable bonds is 6. The van der Waals surface area contributed by atoms with Crippen LogP contribution in [0.15, 0.2) is 91.4 Å². The number of tetrazole rings is 1. The van der Waals surface area contributed by atoms with Gasteiger partial charge in [-0.05, 0) is 40.8 Å². The number of aromatic amines is 1. The van der Waals surface area contributed by atoms with E-state index >= 15 is 0 Å². The highest BCUT2D eigenvalue weighted by Crippen LogP contribution is 2.28. The van der Waals surface area contributed by atoms with Gasteiger partial charge in [0.2, 0.25) is 5.78 Å². The third kappa shape index (κ3) is 3.65. The quantitative estimate of drug-likeness (QED) is 0.328. The van der Waals surface area contributed by atoms with Crippen LogP contribution in [0.4, 0.5) is 0 Å². The second-order valence-electron chi connectivity index (χ2n) is 7.11. The normalized spacial score (nSPS) is 11.9. The number of aromatic nitrogens is 5. The second kappa shape index (κ2) is 8.27. The van der Waals surface area contributed by atoms with Crippen LogP contribution in [-0.2, 0) is 4.74 Å². The summed E-state index contributed by atoms with van der Waals surface area (Å²) in [6.45, 7) is 0. The van der Waals surface area contributed by atoms with Crippen molar-refractivity contribution in [3.63, 3.8) is 0 Å². The standard InChI is InChI=1S/C24H17N5O3/c30-22(20-14-25-21-9-5-4-8-19(20)21)23(16-6-2-1-3-7-16)32-24(31)17-10-12-18(13-11-17)29-15-26-27-28-29/h1-15,23,25H/t23-/m0/s1. The lowest BCUT2D eigenvalue weighted by molar-refractivity contribution is 0.0280. The Kier molecular flexibility index (Phi) is 5.01. The zero-order valence-corrected chi connectivity index (χ0v) is 16.8. The summed E-state index contributed by atoms with van der Waals surface area (Å²) >= 11 is 0. The van der Waals surface area contributed by atoms with Crippen LogP contribution in [0.25, 0.3) is 16.6 Å². The summed E-state index contributed by atoms with van der Waals surface area (Å²) in [6.07, 6.45) is 2.03. The Balaban J connectivity index is 1.45. The van der Waals surface area contributed by atoms with Crippen molar-refractivity contribution in [2.24, 2.45) is 0 Å². The van der Waals surface area contributed by atoms with E-state index in [0.717, 1.165) is 10.9 Å². The molecule has 0 aliphatic heterocycles. The van der Waals surface area contributed by atoms with Crippen molar-refractivity contribution < 1.29 is 14.3 Å². The molecule has 0 fully saturated rings. The van der Waals surface area contributed by atoms with Gasteiger partial charge in [0.15, 0.2) is 6.10 Å². The molecular weight excluding hydrogens is 406 g/mol. The number of esters is 1. The maximum atomic E-state index is 13.5. The molecule has 0 bridgehead atoms. The van der Waals surface area contributed by atoms with Gasteiger partial charge in [-0.25, -0.2) is 9.48 Å². The summed E-state index contributed by atoms with van der Waals surface area (Å²) < 4.78 is 7.21.